The summed E-state index contributed by atoms with van der Waals surface area (Å²) < 4.78 is 17.8. The molecule has 1 fully saturated rings. The SMILES string of the molecule is CCOC(=O)c1sc2c(OCC(O)CN3CCOCC3)c(Br)ccc2c1NC(C)=O. The van der Waals surface area contributed by atoms with Crippen LogP contribution >= 0.6 is 27.3 Å². The molecule has 0 bridgehead atoms. The van der Waals surface area contributed by atoms with Crippen LogP contribution in [-0.4, -0.2) is 74.0 Å². The highest BCUT2D eigenvalue weighted by molar-refractivity contribution is 9.10. The zero-order chi connectivity index (χ0) is 21.7. The lowest BCUT2D eigenvalue weighted by molar-refractivity contribution is -0.114. The van der Waals surface area contributed by atoms with Gasteiger partial charge in [0.25, 0.3) is 0 Å². The van der Waals surface area contributed by atoms with E-state index in [4.69, 9.17) is 14.2 Å². The number of aliphatic hydroxyl groups is 1. The second kappa shape index (κ2) is 10.5. The number of amides is 1. The van der Waals surface area contributed by atoms with Gasteiger partial charge < -0.3 is 24.6 Å². The predicted octanol–water partition coefficient (Wildman–Crippen LogP) is 2.87. The first kappa shape index (κ1) is 23.0. The molecule has 0 aliphatic carbocycles. The Morgan fingerprint density at radius 2 is 2.10 bits per heavy atom. The maximum Gasteiger partial charge on any atom is 0.350 e. The van der Waals surface area contributed by atoms with E-state index in [-0.39, 0.29) is 19.1 Å². The van der Waals surface area contributed by atoms with Gasteiger partial charge in [-0.2, -0.15) is 0 Å². The fourth-order valence-corrected chi connectivity index (χ4v) is 4.93. The first-order valence-corrected chi connectivity index (χ1v) is 11.3. The average molecular weight is 501 g/mol. The van der Waals surface area contributed by atoms with Crippen molar-refractivity contribution in [3.8, 4) is 5.75 Å². The molecule has 164 valence electrons. The molecule has 1 aromatic heterocycles. The van der Waals surface area contributed by atoms with Crippen LogP contribution in [0, 0.1) is 0 Å². The summed E-state index contributed by atoms with van der Waals surface area (Å²) in [4.78, 5) is 26.6. The smallest absolute Gasteiger partial charge is 0.350 e. The summed E-state index contributed by atoms with van der Waals surface area (Å²) in [6, 6.07) is 3.60. The number of aliphatic hydroxyl groups excluding tert-OH is 1. The fourth-order valence-electron chi connectivity index (χ4n) is 3.20. The minimum atomic E-state index is -0.676. The van der Waals surface area contributed by atoms with E-state index in [1.807, 2.05) is 0 Å². The van der Waals surface area contributed by atoms with E-state index in [9.17, 15) is 14.7 Å². The van der Waals surface area contributed by atoms with E-state index in [1.165, 1.54) is 18.3 Å². The zero-order valence-electron chi connectivity index (χ0n) is 16.9. The number of morpholine rings is 1. The molecule has 8 nitrogen and oxygen atoms in total. The van der Waals surface area contributed by atoms with Crippen molar-refractivity contribution in [2.45, 2.75) is 20.0 Å². The van der Waals surface area contributed by atoms with Crippen LogP contribution in [0.25, 0.3) is 10.1 Å². The van der Waals surface area contributed by atoms with Gasteiger partial charge in [0.1, 0.15) is 17.6 Å². The van der Waals surface area contributed by atoms with Gasteiger partial charge in [-0.25, -0.2) is 4.79 Å². The van der Waals surface area contributed by atoms with E-state index >= 15 is 0 Å². The molecule has 2 heterocycles. The van der Waals surface area contributed by atoms with Crippen LogP contribution in [0.1, 0.15) is 23.5 Å². The molecule has 2 aromatic rings. The summed E-state index contributed by atoms with van der Waals surface area (Å²) >= 11 is 4.68. The standard InChI is InChI=1S/C20H25BrN2O6S/c1-3-28-20(26)19-16(22-12(2)24)14-4-5-15(21)17(18(14)30-19)29-11-13(25)10-23-6-8-27-9-7-23/h4-5,13,25H,3,6-11H2,1-2H3,(H,22,24). The number of benzene rings is 1. The lowest BCUT2D eigenvalue weighted by atomic mass is 10.2. The Labute approximate surface area is 187 Å². The lowest BCUT2D eigenvalue weighted by Crippen LogP contribution is -2.42. The number of carbonyl (C=O) groups excluding carboxylic acids is 2. The summed E-state index contributed by atoms with van der Waals surface area (Å²) in [6.45, 7) is 6.82. The summed E-state index contributed by atoms with van der Waals surface area (Å²) in [5, 5.41) is 13.8. The van der Waals surface area contributed by atoms with Crippen LogP contribution in [0.5, 0.6) is 5.75 Å². The maximum atomic E-state index is 12.4. The van der Waals surface area contributed by atoms with Gasteiger partial charge in [-0.3, -0.25) is 9.69 Å². The van der Waals surface area contributed by atoms with Crippen LogP contribution in [0.3, 0.4) is 0 Å². The molecule has 0 spiro atoms. The molecule has 10 heteroatoms. The van der Waals surface area contributed by atoms with Crippen LogP contribution in [0.4, 0.5) is 5.69 Å². The molecule has 0 radical (unpaired) electrons. The Hall–Kier alpha value is -1.72. The maximum absolute atomic E-state index is 12.4. The van der Waals surface area contributed by atoms with Crippen molar-refractivity contribution < 1.29 is 28.9 Å². The number of fused-ring (bicyclic) bond motifs is 1. The van der Waals surface area contributed by atoms with Gasteiger partial charge in [-0.1, -0.05) is 6.07 Å². The van der Waals surface area contributed by atoms with Crippen LogP contribution < -0.4 is 10.1 Å². The first-order valence-electron chi connectivity index (χ1n) is 9.71. The number of nitrogens with zero attached hydrogens (tertiary/aromatic N) is 1. The topological polar surface area (TPSA) is 97.3 Å². The zero-order valence-corrected chi connectivity index (χ0v) is 19.3. The molecule has 2 N–H and O–H groups in total. The van der Waals surface area contributed by atoms with Crippen molar-refractivity contribution >= 4 is 54.9 Å². The lowest BCUT2D eigenvalue weighted by Gasteiger charge is -2.28. The van der Waals surface area contributed by atoms with Gasteiger partial charge in [0.15, 0.2) is 5.75 Å². The van der Waals surface area contributed by atoms with Gasteiger partial charge in [0.2, 0.25) is 5.91 Å². The van der Waals surface area contributed by atoms with Crippen molar-refractivity contribution in [3.05, 3.63) is 21.5 Å². The van der Waals surface area contributed by atoms with Gasteiger partial charge >= 0.3 is 5.97 Å². The number of anilines is 1. The van der Waals surface area contributed by atoms with Gasteiger partial charge in [0, 0.05) is 31.9 Å². The first-order chi connectivity index (χ1) is 14.4. The van der Waals surface area contributed by atoms with E-state index in [2.05, 4.69) is 26.1 Å². The minimum Gasteiger partial charge on any atom is -0.488 e. The Morgan fingerprint density at radius 3 is 2.77 bits per heavy atom. The largest absolute Gasteiger partial charge is 0.488 e. The number of esters is 1. The number of hydrogen-bond donors (Lipinski definition) is 2. The van der Waals surface area contributed by atoms with Crippen molar-refractivity contribution in [3.63, 3.8) is 0 Å². The van der Waals surface area contributed by atoms with E-state index in [0.717, 1.165) is 13.1 Å². The minimum absolute atomic E-state index is 0.0944. The van der Waals surface area contributed by atoms with E-state index in [0.29, 0.717) is 50.6 Å². The number of β-amino-alcohol motifs (C(OH)–C–C–N with tert-alkyl or cyclic N) is 1. The van der Waals surface area contributed by atoms with Crippen molar-refractivity contribution in [2.75, 3.05) is 51.4 Å². The molecular formula is C20H25BrN2O6S. The number of nitrogens with one attached hydrogen (secondary N) is 1. The van der Waals surface area contributed by atoms with Gasteiger partial charge in [0.05, 0.1) is 34.7 Å². The number of halogens is 1. The van der Waals surface area contributed by atoms with Crippen molar-refractivity contribution in [1.82, 2.24) is 4.90 Å². The van der Waals surface area contributed by atoms with Crippen molar-refractivity contribution in [1.29, 1.82) is 0 Å². The third kappa shape index (κ3) is 5.50. The molecular weight excluding hydrogens is 476 g/mol. The molecule has 3 rings (SSSR count). The third-order valence-corrected chi connectivity index (χ3v) is 6.33. The molecule has 1 saturated heterocycles. The highest BCUT2D eigenvalue weighted by Gasteiger charge is 2.24. The molecule has 1 amide bonds. The monoisotopic (exact) mass is 500 g/mol. The summed E-state index contributed by atoms with van der Waals surface area (Å²) in [7, 11) is 0. The number of thiophene rings is 1. The molecule has 1 aliphatic heterocycles. The Kier molecular flexibility index (Phi) is 8.06. The number of rotatable bonds is 8. The van der Waals surface area contributed by atoms with Crippen LogP contribution in [-0.2, 0) is 14.3 Å². The van der Waals surface area contributed by atoms with Crippen molar-refractivity contribution in [2.24, 2.45) is 0 Å². The molecule has 30 heavy (non-hydrogen) atoms. The number of carbonyl (C=O) groups is 2. The summed E-state index contributed by atoms with van der Waals surface area (Å²) in [6.07, 6.45) is -0.676. The van der Waals surface area contributed by atoms with Crippen LogP contribution in [0.2, 0.25) is 0 Å². The highest BCUT2D eigenvalue weighted by atomic mass is 79.9. The van der Waals surface area contributed by atoms with E-state index in [1.54, 1.807) is 19.1 Å². The predicted molar refractivity (Wildman–Crippen MR) is 119 cm³/mol. The Bertz CT molecular complexity index is 912. The number of hydrogen-bond acceptors (Lipinski definition) is 8. The molecule has 1 aromatic carbocycles. The second-order valence-electron chi connectivity index (χ2n) is 6.84. The Balaban J connectivity index is 1.85. The molecule has 0 saturated carbocycles. The second-order valence-corrected chi connectivity index (χ2v) is 8.71. The third-order valence-electron chi connectivity index (χ3n) is 4.52. The Morgan fingerprint density at radius 1 is 1.37 bits per heavy atom. The molecule has 1 aliphatic rings. The summed E-state index contributed by atoms with van der Waals surface area (Å²) in [5.41, 5.74) is 0.409. The van der Waals surface area contributed by atoms with E-state index < -0.39 is 12.1 Å². The number of ether oxygens (including phenoxy) is 3. The average Bonchev–Trinajstić information content (AvgIpc) is 3.06. The summed E-state index contributed by atoms with van der Waals surface area (Å²) in [5.74, 6) is -0.274. The normalized spacial score (nSPS) is 15.7. The molecule has 1 atom stereocenters. The fraction of sp³-hybridized carbons (Fsp3) is 0.500. The highest BCUT2D eigenvalue weighted by Crippen LogP contribution is 2.44. The van der Waals surface area contributed by atoms with Crippen LogP contribution in [0.15, 0.2) is 16.6 Å². The quantitative estimate of drug-likeness (QED) is 0.537. The van der Waals surface area contributed by atoms with Gasteiger partial charge in [-0.05, 0) is 28.9 Å². The molecule has 1 unspecified atom stereocenters. The van der Waals surface area contributed by atoms with Gasteiger partial charge in [-0.15, -0.1) is 11.3 Å².